The van der Waals surface area contributed by atoms with E-state index in [-0.39, 0.29) is 11.6 Å². The van der Waals surface area contributed by atoms with E-state index in [0.717, 1.165) is 22.2 Å². The second-order valence-electron chi connectivity index (χ2n) is 7.30. The van der Waals surface area contributed by atoms with Gasteiger partial charge < -0.3 is 9.72 Å². The maximum Gasteiger partial charge on any atom is 0.214 e. The first-order valence-electron chi connectivity index (χ1n) is 9.92. The van der Waals surface area contributed by atoms with E-state index in [9.17, 15) is 12.8 Å². The minimum Gasteiger partial charge on any atom is -0.496 e. The number of pyridine rings is 1. The number of halogens is 1. The maximum atomic E-state index is 13.9. The Hall–Kier alpha value is -2.71. The molecule has 6 nitrogen and oxygen atoms in total. The normalized spacial score (nSPS) is 15.4. The second kappa shape index (κ2) is 8.20. The van der Waals surface area contributed by atoms with Crippen molar-refractivity contribution < 1.29 is 17.5 Å². The zero-order valence-electron chi connectivity index (χ0n) is 17.0. The highest BCUT2D eigenvalue weighted by Crippen LogP contribution is 2.36. The number of aromatic amines is 1. The van der Waals surface area contributed by atoms with Crippen LogP contribution < -0.4 is 4.74 Å². The Morgan fingerprint density at radius 3 is 2.77 bits per heavy atom. The van der Waals surface area contributed by atoms with Crippen LogP contribution in [0.4, 0.5) is 4.39 Å². The molecular formula is C22H24FN3O3S. The number of nitrogens with zero attached hydrogens (tertiary/aromatic N) is 2. The number of rotatable bonds is 6. The highest BCUT2D eigenvalue weighted by molar-refractivity contribution is 7.89. The van der Waals surface area contributed by atoms with Crippen molar-refractivity contribution in [2.75, 3.05) is 26.0 Å². The van der Waals surface area contributed by atoms with Crippen LogP contribution in [0.3, 0.4) is 0 Å². The fourth-order valence-corrected chi connectivity index (χ4v) is 5.31. The molecule has 158 valence electrons. The van der Waals surface area contributed by atoms with Gasteiger partial charge in [-0.1, -0.05) is 13.0 Å². The lowest BCUT2D eigenvalue weighted by Crippen LogP contribution is -2.36. The van der Waals surface area contributed by atoms with Crippen molar-refractivity contribution in [1.29, 1.82) is 0 Å². The van der Waals surface area contributed by atoms with Crippen LogP contribution in [-0.4, -0.2) is 48.6 Å². The molecule has 0 amide bonds. The summed E-state index contributed by atoms with van der Waals surface area (Å²) in [5.41, 5.74) is 4.11. The van der Waals surface area contributed by atoms with Crippen LogP contribution >= 0.6 is 0 Å². The number of methoxy groups -OCH3 is 1. The molecule has 4 rings (SSSR count). The predicted molar refractivity (Wildman–Crippen MR) is 116 cm³/mol. The molecule has 0 unspecified atom stereocenters. The number of ether oxygens (including phenoxy) is 1. The monoisotopic (exact) mass is 429 g/mol. The number of aromatic nitrogens is 2. The Balaban J connectivity index is 1.70. The third-order valence-corrected chi connectivity index (χ3v) is 7.40. The van der Waals surface area contributed by atoms with E-state index < -0.39 is 10.0 Å². The minimum atomic E-state index is -3.20. The number of fused-ring (bicyclic) bond motifs is 1. The molecular weight excluding hydrogens is 405 g/mol. The Kier molecular flexibility index (Phi) is 5.62. The summed E-state index contributed by atoms with van der Waals surface area (Å²) < 4.78 is 45.5. The fraction of sp³-hybridized carbons (Fsp3) is 0.318. The number of H-pyrrole nitrogens is 1. The Morgan fingerprint density at radius 1 is 1.23 bits per heavy atom. The van der Waals surface area contributed by atoms with Gasteiger partial charge in [-0.3, -0.25) is 0 Å². The van der Waals surface area contributed by atoms with E-state index in [1.807, 2.05) is 25.1 Å². The van der Waals surface area contributed by atoms with Crippen molar-refractivity contribution >= 4 is 26.6 Å². The first-order chi connectivity index (χ1) is 14.4. The van der Waals surface area contributed by atoms with Crippen LogP contribution in [0.1, 0.15) is 25.5 Å². The van der Waals surface area contributed by atoms with Gasteiger partial charge in [0.25, 0.3) is 0 Å². The topological polar surface area (TPSA) is 75.3 Å². The molecule has 1 N–H and O–H groups in total. The van der Waals surface area contributed by atoms with Gasteiger partial charge >= 0.3 is 0 Å². The van der Waals surface area contributed by atoms with E-state index in [1.54, 1.807) is 19.4 Å². The highest BCUT2D eigenvalue weighted by Gasteiger charge is 2.24. The molecule has 1 aromatic carbocycles. The minimum absolute atomic E-state index is 0.172. The van der Waals surface area contributed by atoms with Crippen LogP contribution in [0, 0.1) is 5.82 Å². The van der Waals surface area contributed by atoms with E-state index >= 15 is 0 Å². The molecule has 1 aliphatic heterocycles. The molecule has 0 aliphatic carbocycles. The molecule has 0 atom stereocenters. The van der Waals surface area contributed by atoms with Gasteiger partial charge in [-0.05, 0) is 54.3 Å². The maximum absolute atomic E-state index is 13.9. The van der Waals surface area contributed by atoms with Crippen LogP contribution in [0.5, 0.6) is 5.75 Å². The smallest absolute Gasteiger partial charge is 0.214 e. The molecule has 0 spiro atoms. The number of benzene rings is 1. The van der Waals surface area contributed by atoms with Crippen molar-refractivity contribution in [2.24, 2.45) is 0 Å². The predicted octanol–water partition coefficient (Wildman–Crippen LogP) is 4.21. The molecule has 0 saturated carbocycles. The summed E-state index contributed by atoms with van der Waals surface area (Å²) in [5.74, 6) is 0.417. The number of hydrogen-bond donors (Lipinski definition) is 1. The SMILES string of the molecule is CCCS(=O)(=O)N1CC=C(c2cc3c(-c4cc(F)ccc4OC)ccnc3[nH]2)CC1. The molecule has 1 aliphatic rings. The molecule has 0 bridgehead atoms. The van der Waals surface area contributed by atoms with Crippen molar-refractivity contribution in [3.8, 4) is 16.9 Å². The third-order valence-electron chi connectivity index (χ3n) is 5.36. The molecule has 0 fully saturated rings. The molecule has 2 aromatic heterocycles. The molecule has 0 radical (unpaired) electrons. The molecule has 3 aromatic rings. The Morgan fingerprint density at radius 2 is 2.07 bits per heavy atom. The lowest BCUT2D eigenvalue weighted by atomic mass is 10.0. The number of sulfonamides is 1. The van der Waals surface area contributed by atoms with Crippen molar-refractivity contribution in [1.82, 2.24) is 14.3 Å². The van der Waals surface area contributed by atoms with Crippen LogP contribution in [0.15, 0.2) is 42.6 Å². The second-order valence-corrected chi connectivity index (χ2v) is 9.39. The summed E-state index contributed by atoms with van der Waals surface area (Å²) in [6, 6.07) is 8.26. The van der Waals surface area contributed by atoms with Gasteiger partial charge in [-0.15, -0.1) is 0 Å². The molecule has 30 heavy (non-hydrogen) atoms. The zero-order chi connectivity index (χ0) is 21.3. The van der Waals surface area contributed by atoms with Gasteiger partial charge in [0.2, 0.25) is 10.0 Å². The molecule has 3 heterocycles. The zero-order valence-corrected chi connectivity index (χ0v) is 17.8. The standard InChI is InChI=1S/C22H24FN3O3S/c1-3-12-30(27,28)26-10-7-15(8-11-26)20-14-19-17(6-9-24-22(19)25-20)18-13-16(23)4-5-21(18)29-2/h4-7,9,13-14H,3,8,10-12H2,1-2H3,(H,24,25). The Labute approximate surface area is 175 Å². The number of nitrogens with one attached hydrogen (secondary N) is 1. The van der Waals surface area contributed by atoms with Crippen LogP contribution in [0.2, 0.25) is 0 Å². The lowest BCUT2D eigenvalue weighted by molar-refractivity contribution is 0.415. The highest BCUT2D eigenvalue weighted by atomic mass is 32.2. The van der Waals surface area contributed by atoms with Crippen LogP contribution in [-0.2, 0) is 10.0 Å². The molecule has 8 heteroatoms. The average molecular weight is 430 g/mol. The van der Waals surface area contributed by atoms with Gasteiger partial charge in [-0.2, -0.15) is 4.31 Å². The van der Waals surface area contributed by atoms with Crippen LogP contribution in [0.25, 0.3) is 27.7 Å². The third kappa shape index (κ3) is 3.85. The summed E-state index contributed by atoms with van der Waals surface area (Å²) in [5, 5.41) is 0.860. The van der Waals surface area contributed by atoms with Gasteiger partial charge in [0.15, 0.2) is 0 Å². The molecule has 0 saturated heterocycles. The van der Waals surface area contributed by atoms with E-state index in [2.05, 4.69) is 9.97 Å². The summed E-state index contributed by atoms with van der Waals surface area (Å²) >= 11 is 0. The Bertz CT molecular complexity index is 1220. The van der Waals surface area contributed by atoms with Gasteiger partial charge in [-0.25, -0.2) is 17.8 Å². The van der Waals surface area contributed by atoms with Gasteiger partial charge in [0.1, 0.15) is 17.2 Å². The first kappa shape index (κ1) is 20.6. The van der Waals surface area contributed by atoms with E-state index in [1.165, 1.54) is 16.4 Å². The number of hydrogen-bond acceptors (Lipinski definition) is 4. The van der Waals surface area contributed by atoms with Crippen molar-refractivity contribution in [3.63, 3.8) is 0 Å². The summed E-state index contributed by atoms with van der Waals surface area (Å²) in [6.45, 7) is 2.69. The van der Waals surface area contributed by atoms with Crippen molar-refractivity contribution in [2.45, 2.75) is 19.8 Å². The lowest BCUT2D eigenvalue weighted by Gasteiger charge is -2.25. The van der Waals surface area contributed by atoms with Crippen molar-refractivity contribution in [3.05, 3.63) is 54.1 Å². The first-order valence-corrected chi connectivity index (χ1v) is 11.5. The largest absolute Gasteiger partial charge is 0.496 e. The quantitative estimate of drug-likeness (QED) is 0.637. The van der Waals surface area contributed by atoms with Gasteiger partial charge in [0, 0.05) is 35.9 Å². The van der Waals surface area contributed by atoms with Gasteiger partial charge in [0.05, 0.1) is 12.9 Å². The van der Waals surface area contributed by atoms with E-state index in [0.29, 0.717) is 42.9 Å². The summed E-state index contributed by atoms with van der Waals surface area (Å²) in [4.78, 5) is 7.74. The van der Waals surface area contributed by atoms with E-state index in [4.69, 9.17) is 4.74 Å². The average Bonchev–Trinajstić information content (AvgIpc) is 3.18. The summed E-state index contributed by atoms with van der Waals surface area (Å²) in [7, 11) is -1.64. The fourth-order valence-electron chi connectivity index (χ4n) is 3.86. The summed E-state index contributed by atoms with van der Waals surface area (Å²) in [6.07, 6.45) is 4.85.